The fourth-order valence-electron chi connectivity index (χ4n) is 3.23. The Balaban J connectivity index is 1.74. The number of ether oxygens (including phenoxy) is 1. The number of benzene rings is 1. The van der Waals surface area contributed by atoms with Gasteiger partial charge >= 0.3 is 0 Å². The van der Waals surface area contributed by atoms with Gasteiger partial charge in [0, 0.05) is 17.5 Å². The Morgan fingerprint density at radius 1 is 1.46 bits per heavy atom. The fourth-order valence-corrected chi connectivity index (χ4v) is 3.94. The van der Waals surface area contributed by atoms with Crippen LogP contribution in [0.4, 0.5) is 5.13 Å². The highest BCUT2D eigenvalue weighted by Crippen LogP contribution is 2.33. The molecule has 1 unspecified atom stereocenters. The van der Waals surface area contributed by atoms with Crippen molar-refractivity contribution in [2.24, 2.45) is 5.92 Å². The summed E-state index contributed by atoms with van der Waals surface area (Å²) in [6, 6.07) is 6.27. The molecule has 2 aromatic rings. The molecule has 2 N–H and O–H groups in total. The predicted octanol–water partition coefficient (Wildman–Crippen LogP) is 4.10. The van der Waals surface area contributed by atoms with Gasteiger partial charge in [0.05, 0.1) is 18.7 Å². The summed E-state index contributed by atoms with van der Waals surface area (Å²) in [6.07, 6.45) is 5.37. The molecular weight excluding hydrogens is 346 g/mol. The van der Waals surface area contributed by atoms with Gasteiger partial charge in [0.2, 0.25) is 5.91 Å². The number of thiazole rings is 1. The quantitative estimate of drug-likeness (QED) is 0.767. The van der Waals surface area contributed by atoms with Gasteiger partial charge in [0.25, 0.3) is 0 Å². The largest absolute Gasteiger partial charge is 0.496 e. The first-order valence-electron chi connectivity index (χ1n) is 9.35. The van der Waals surface area contributed by atoms with Crippen LogP contribution in [-0.2, 0) is 11.2 Å². The molecule has 1 aromatic heterocycles. The second-order valence-electron chi connectivity index (χ2n) is 6.71. The van der Waals surface area contributed by atoms with Gasteiger partial charge in [-0.05, 0) is 49.9 Å². The molecule has 0 spiro atoms. The summed E-state index contributed by atoms with van der Waals surface area (Å²) >= 11 is 1.46. The number of methoxy groups -OCH3 is 1. The van der Waals surface area contributed by atoms with Crippen molar-refractivity contribution < 1.29 is 9.53 Å². The molecule has 1 aliphatic heterocycles. The highest BCUT2D eigenvalue weighted by atomic mass is 32.1. The lowest BCUT2D eigenvalue weighted by Gasteiger charge is -2.21. The molecule has 1 aliphatic rings. The van der Waals surface area contributed by atoms with E-state index in [1.165, 1.54) is 29.7 Å². The van der Waals surface area contributed by atoms with Crippen LogP contribution in [0.2, 0.25) is 0 Å². The molecule has 1 aromatic carbocycles. The average molecular weight is 374 g/mol. The van der Waals surface area contributed by atoms with Crippen LogP contribution in [0.1, 0.15) is 38.2 Å². The van der Waals surface area contributed by atoms with Crippen molar-refractivity contribution in [2.75, 3.05) is 25.5 Å². The smallest absolute Gasteiger partial charge is 0.230 e. The highest BCUT2D eigenvalue weighted by molar-refractivity contribution is 7.14. The zero-order valence-corrected chi connectivity index (χ0v) is 16.3. The number of nitrogens with one attached hydrogen (secondary N) is 2. The van der Waals surface area contributed by atoms with Crippen LogP contribution in [0, 0.1) is 5.92 Å². The Bertz CT molecular complexity index is 738. The molecule has 1 atom stereocenters. The maximum atomic E-state index is 12.4. The van der Waals surface area contributed by atoms with Crippen LogP contribution in [-0.4, -0.2) is 31.1 Å². The maximum absolute atomic E-state index is 12.4. The van der Waals surface area contributed by atoms with Crippen LogP contribution in [0.3, 0.4) is 0 Å². The molecule has 1 saturated heterocycles. The number of rotatable bonds is 7. The number of hydrogen-bond acceptors (Lipinski definition) is 5. The second kappa shape index (κ2) is 9.14. The van der Waals surface area contributed by atoms with Crippen LogP contribution < -0.4 is 15.4 Å². The zero-order valence-electron chi connectivity index (χ0n) is 15.5. The summed E-state index contributed by atoms with van der Waals surface area (Å²) < 4.78 is 5.51. The number of anilines is 1. The molecule has 3 rings (SSSR count). The first-order valence-corrected chi connectivity index (χ1v) is 10.2. The van der Waals surface area contributed by atoms with Crippen molar-refractivity contribution in [3.63, 3.8) is 0 Å². The van der Waals surface area contributed by atoms with Gasteiger partial charge in [-0.15, -0.1) is 11.3 Å². The molecule has 1 amide bonds. The number of aryl methyl sites for hydroxylation is 1. The first kappa shape index (κ1) is 18.9. The number of nitrogens with zero attached hydrogens (tertiary/aromatic N) is 1. The third kappa shape index (κ3) is 4.62. The Kier molecular flexibility index (Phi) is 6.63. The molecule has 140 valence electrons. The molecule has 0 bridgehead atoms. The topological polar surface area (TPSA) is 63.2 Å². The summed E-state index contributed by atoms with van der Waals surface area (Å²) in [5, 5.41) is 8.88. The van der Waals surface area contributed by atoms with Crippen LogP contribution in [0.25, 0.3) is 11.3 Å². The van der Waals surface area contributed by atoms with E-state index in [1.807, 2.05) is 11.4 Å². The SMILES string of the molecule is CCCCc1ccc(OC)c(-c2csc(NC(=O)C3CCCNC3)n2)c1. The summed E-state index contributed by atoms with van der Waals surface area (Å²) in [5.74, 6) is 0.898. The fraction of sp³-hybridized carbons (Fsp3) is 0.500. The standard InChI is InChI=1S/C20H27N3O2S/c1-3-4-6-14-8-9-18(25-2)16(11-14)17-13-26-20(22-17)23-19(24)15-7-5-10-21-12-15/h8-9,11,13,15,21H,3-7,10,12H2,1-2H3,(H,22,23,24). The third-order valence-corrected chi connectivity index (χ3v) is 5.52. The normalized spacial score (nSPS) is 17.1. The molecule has 6 heteroatoms. The van der Waals surface area contributed by atoms with Crippen molar-refractivity contribution in [3.8, 4) is 17.0 Å². The molecule has 5 nitrogen and oxygen atoms in total. The Morgan fingerprint density at radius 3 is 3.08 bits per heavy atom. The van der Waals surface area contributed by atoms with Crippen molar-refractivity contribution in [3.05, 3.63) is 29.1 Å². The van der Waals surface area contributed by atoms with Crippen LogP contribution >= 0.6 is 11.3 Å². The van der Waals surface area contributed by atoms with E-state index < -0.39 is 0 Å². The minimum Gasteiger partial charge on any atom is -0.496 e. The molecule has 0 radical (unpaired) electrons. The summed E-state index contributed by atoms with van der Waals surface area (Å²) in [5.41, 5.74) is 3.12. The number of aromatic nitrogens is 1. The summed E-state index contributed by atoms with van der Waals surface area (Å²) in [7, 11) is 1.68. The van der Waals surface area contributed by atoms with Crippen LogP contribution in [0.15, 0.2) is 23.6 Å². The lowest BCUT2D eigenvalue weighted by Crippen LogP contribution is -2.37. The summed E-state index contributed by atoms with van der Waals surface area (Å²) in [6.45, 7) is 3.94. The molecule has 1 fully saturated rings. The third-order valence-electron chi connectivity index (χ3n) is 4.76. The Morgan fingerprint density at radius 2 is 2.35 bits per heavy atom. The average Bonchev–Trinajstić information content (AvgIpc) is 3.15. The number of carbonyl (C=O) groups is 1. The minimum absolute atomic E-state index is 0.0306. The van der Waals surface area contributed by atoms with E-state index in [-0.39, 0.29) is 11.8 Å². The van der Waals surface area contributed by atoms with Gasteiger partial charge in [0.1, 0.15) is 5.75 Å². The van der Waals surface area contributed by atoms with Gasteiger partial charge in [0.15, 0.2) is 5.13 Å². The Hall–Kier alpha value is -1.92. The number of amides is 1. The van der Waals surface area contributed by atoms with Crippen LogP contribution in [0.5, 0.6) is 5.75 Å². The number of unbranched alkanes of at least 4 members (excludes halogenated alkanes) is 1. The highest BCUT2D eigenvalue weighted by Gasteiger charge is 2.22. The molecule has 26 heavy (non-hydrogen) atoms. The second-order valence-corrected chi connectivity index (χ2v) is 7.57. The van der Waals surface area contributed by atoms with Crippen molar-refractivity contribution in [1.29, 1.82) is 0 Å². The van der Waals surface area contributed by atoms with Crippen molar-refractivity contribution >= 4 is 22.4 Å². The van der Waals surface area contributed by atoms with E-state index in [4.69, 9.17) is 4.74 Å². The lowest BCUT2D eigenvalue weighted by atomic mass is 9.99. The van der Waals surface area contributed by atoms with Gasteiger partial charge in [-0.2, -0.15) is 0 Å². The van der Waals surface area contributed by atoms with E-state index in [0.29, 0.717) is 5.13 Å². The molecule has 2 heterocycles. The summed E-state index contributed by atoms with van der Waals surface area (Å²) in [4.78, 5) is 17.0. The van der Waals surface area contributed by atoms with Crippen molar-refractivity contribution in [1.82, 2.24) is 10.3 Å². The van der Waals surface area contributed by atoms with Gasteiger partial charge < -0.3 is 15.4 Å². The number of carbonyl (C=O) groups excluding carboxylic acids is 1. The minimum atomic E-state index is 0.0306. The van der Waals surface area contributed by atoms with E-state index in [1.54, 1.807) is 7.11 Å². The maximum Gasteiger partial charge on any atom is 0.230 e. The lowest BCUT2D eigenvalue weighted by molar-refractivity contribution is -0.120. The Labute approximate surface area is 159 Å². The van der Waals surface area contributed by atoms with E-state index in [0.717, 1.165) is 49.4 Å². The molecular formula is C20H27N3O2S. The van der Waals surface area contributed by atoms with E-state index in [9.17, 15) is 4.79 Å². The first-order chi connectivity index (χ1) is 12.7. The van der Waals surface area contributed by atoms with Gasteiger partial charge in [-0.25, -0.2) is 4.98 Å². The van der Waals surface area contributed by atoms with E-state index >= 15 is 0 Å². The molecule has 0 aliphatic carbocycles. The van der Waals surface area contributed by atoms with Crippen molar-refractivity contribution in [2.45, 2.75) is 39.0 Å². The molecule has 0 saturated carbocycles. The monoisotopic (exact) mass is 373 g/mol. The zero-order chi connectivity index (χ0) is 18.4. The van der Waals surface area contributed by atoms with Gasteiger partial charge in [-0.1, -0.05) is 19.4 Å². The van der Waals surface area contributed by atoms with Gasteiger partial charge in [-0.3, -0.25) is 4.79 Å². The van der Waals surface area contributed by atoms with E-state index in [2.05, 4.69) is 34.7 Å². The predicted molar refractivity (Wildman–Crippen MR) is 107 cm³/mol. The number of piperidine rings is 1. The number of hydrogen-bond donors (Lipinski definition) is 2.